The highest BCUT2D eigenvalue weighted by atomic mass is 16.5. The minimum absolute atomic E-state index is 0.00997. The highest BCUT2D eigenvalue weighted by Gasteiger charge is 2.32. The normalized spacial score (nSPS) is 16.7. The number of ether oxygens (including phenoxy) is 3. The SMILES string of the molecule is CCC[C@](C)(OC)C(=O)Nc1ccc(OCC(=O)N2CCOCC2)cc1. The van der Waals surface area contributed by atoms with Crippen molar-refractivity contribution < 1.29 is 23.8 Å². The number of carbonyl (C=O) groups excluding carboxylic acids is 2. The van der Waals surface area contributed by atoms with E-state index < -0.39 is 5.60 Å². The monoisotopic (exact) mass is 364 g/mol. The van der Waals surface area contributed by atoms with E-state index in [1.165, 1.54) is 7.11 Å². The lowest BCUT2D eigenvalue weighted by molar-refractivity contribution is -0.137. The Morgan fingerprint density at radius 1 is 1.23 bits per heavy atom. The van der Waals surface area contributed by atoms with Gasteiger partial charge in [0.2, 0.25) is 0 Å². The van der Waals surface area contributed by atoms with E-state index in [0.717, 1.165) is 6.42 Å². The van der Waals surface area contributed by atoms with Crippen molar-refractivity contribution in [2.45, 2.75) is 32.3 Å². The first kappa shape index (κ1) is 20.2. The Balaban J connectivity index is 1.85. The van der Waals surface area contributed by atoms with E-state index in [4.69, 9.17) is 14.2 Å². The smallest absolute Gasteiger partial charge is 0.260 e. The molecule has 1 saturated heterocycles. The van der Waals surface area contributed by atoms with Gasteiger partial charge >= 0.3 is 0 Å². The molecule has 1 aromatic rings. The number of hydrogen-bond acceptors (Lipinski definition) is 5. The number of hydrogen-bond donors (Lipinski definition) is 1. The second-order valence-corrected chi connectivity index (χ2v) is 6.45. The summed E-state index contributed by atoms with van der Waals surface area (Å²) in [6.07, 6.45) is 1.49. The van der Waals surface area contributed by atoms with Crippen LogP contribution in [-0.4, -0.2) is 62.3 Å². The summed E-state index contributed by atoms with van der Waals surface area (Å²) >= 11 is 0. The van der Waals surface area contributed by atoms with E-state index in [2.05, 4.69) is 5.32 Å². The van der Waals surface area contributed by atoms with Crippen LogP contribution in [0.1, 0.15) is 26.7 Å². The standard InChI is InChI=1S/C19H28N2O5/c1-4-9-19(2,24-3)18(23)20-15-5-7-16(8-6-15)26-14-17(22)21-10-12-25-13-11-21/h5-8H,4,9-14H2,1-3H3,(H,20,23)/t19-/m0/s1. The fourth-order valence-electron chi connectivity index (χ4n) is 2.73. The third-order valence-electron chi connectivity index (χ3n) is 4.50. The molecule has 0 bridgehead atoms. The molecule has 2 rings (SSSR count). The number of benzene rings is 1. The van der Waals surface area contributed by atoms with Gasteiger partial charge in [0.15, 0.2) is 6.61 Å². The Kier molecular flexibility index (Phi) is 7.41. The average Bonchev–Trinajstić information content (AvgIpc) is 2.68. The van der Waals surface area contributed by atoms with E-state index >= 15 is 0 Å². The van der Waals surface area contributed by atoms with Crippen LogP contribution in [0.15, 0.2) is 24.3 Å². The highest BCUT2D eigenvalue weighted by Crippen LogP contribution is 2.21. The van der Waals surface area contributed by atoms with Crippen LogP contribution in [-0.2, 0) is 19.1 Å². The lowest BCUT2D eigenvalue weighted by Crippen LogP contribution is -2.43. The van der Waals surface area contributed by atoms with Gasteiger partial charge in [0.05, 0.1) is 13.2 Å². The van der Waals surface area contributed by atoms with Gasteiger partial charge in [-0.1, -0.05) is 13.3 Å². The number of amides is 2. The summed E-state index contributed by atoms with van der Waals surface area (Å²) in [6, 6.07) is 6.95. The first-order valence-corrected chi connectivity index (χ1v) is 8.93. The second-order valence-electron chi connectivity index (χ2n) is 6.45. The van der Waals surface area contributed by atoms with Crippen molar-refractivity contribution in [1.29, 1.82) is 0 Å². The van der Waals surface area contributed by atoms with Crippen LogP contribution in [0.5, 0.6) is 5.75 Å². The van der Waals surface area contributed by atoms with Gasteiger partial charge in [-0.05, 0) is 37.6 Å². The zero-order chi connectivity index (χ0) is 19.0. The topological polar surface area (TPSA) is 77.1 Å². The number of nitrogens with zero attached hydrogens (tertiary/aromatic N) is 1. The highest BCUT2D eigenvalue weighted by molar-refractivity contribution is 5.97. The summed E-state index contributed by atoms with van der Waals surface area (Å²) < 4.78 is 16.1. The Morgan fingerprint density at radius 2 is 1.88 bits per heavy atom. The van der Waals surface area contributed by atoms with Crippen molar-refractivity contribution in [2.24, 2.45) is 0 Å². The van der Waals surface area contributed by atoms with Crippen LogP contribution in [0.4, 0.5) is 5.69 Å². The van der Waals surface area contributed by atoms with Crippen molar-refractivity contribution in [3.63, 3.8) is 0 Å². The quantitative estimate of drug-likeness (QED) is 0.764. The maximum atomic E-state index is 12.4. The van der Waals surface area contributed by atoms with Crippen molar-refractivity contribution in [3.8, 4) is 5.75 Å². The summed E-state index contributed by atoms with van der Waals surface area (Å²) in [5.41, 5.74) is -0.199. The number of methoxy groups -OCH3 is 1. The van der Waals surface area contributed by atoms with Gasteiger partial charge in [0.25, 0.3) is 11.8 Å². The fraction of sp³-hybridized carbons (Fsp3) is 0.579. The predicted molar refractivity (Wildman–Crippen MR) is 98.3 cm³/mol. The number of morpholine rings is 1. The predicted octanol–water partition coefficient (Wildman–Crippen LogP) is 2.07. The molecule has 1 aliphatic rings. The van der Waals surface area contributed by atoms with E-state index in [1.807, 2.05) is 6.92 Å². The molecule has 144 valence electrons. The number of carbonyl (C=O) groups is 2. The van der Waals surface area contributed by atoms with Gasteiger partial charge in [0.1, 0.15) is 11.4 Å². The molecule has 0 spiro atoms. The van der Waals surface area contributed by atoms with E-state index in [1.54, 1.807) is 36.1 Å². The van der Waals surface area contributed by atoms with Crippen LogP contribution in [0.25, 0.3) is 0 Å². The molecule has 0 radical (unpaired) electrons. The van der Waals surface area contributed by atoms with Crippen molar-refractivity contribution in [3.05, 3.63) is 24.3 Å². The van der Waals surface area contributed by atoms with Gasteiger partial charge < -0.3 is 24.4 Å². The van der Waals surface area contributed by atoms with Crippen LogP contribution in [0.3, 0.4) is 0 Å². The van der Waals surface area contributed by atoms with Gasteiger partial charge in [0, 0.05) is 25.9 Å². The Labute approximate surface area is 154 Å². The summed E-state index contributed by atoms with van der Waals surface area (Å²) in [7, 11) is 1.54. The summed E-state index contributed by atoms with van der Waals surface area (Å²) in [6.45, 7) is 6.11. The molecular formula is C19H28N2O5. The van der Waals surface area contributed by atoms with E-state index in [-0.39, 0.29) is 18.4 Å². The van der Waals surface area contributed by atoms with Crippen molar-refractivity contribution >= 4 is 17.5 Å². The summed E-state index contributed by atoms with van der Waals surface area (Å²) in [5.74, 6) is 0.340. The molecule has 1 aromatic carbocycles. The maximum absolute atomic E-state index is 12.4. The fourth-order valence-corrected chi connectivity index (χ4v) is 2.73. The van der Waals surface area contributed by atoms with E-state index in [9.17, 15) is 9.59 Å². The Morgan fingerprint density at radius 3 is 2.46 bits per heavy atom. The number of nitrogens with one attached hydrogen (secondary N) is 1. The Hall–Kier alpha value is -2.12. The largest absolute Gasteiger partial charge is 0.484 e. The molecule has 0 saturated carbocycles. The summed E-state index contributed by atoms with van der Waals surface area (Å²) in [4.78, 5) is 26.2. The Bertz CT molecular complexity index is 598. The van der Waals surface area contributed by atoms with Crippen LogP contribution in [0.2, 0.25) is 0 Å². The molecule has 1 heterocycles. The van der Waals surface area contributed by atoms with Crippen LogP contribution < -0.4 is 10.1 Å². The molecule has 2 amide bonds. The summed E-state index contributed by atoms with van der Waals surface area (Å²) in [5, 5.41) is 2.85. The molecule has 0 aromatic heterocycles. The van der Waals surface area contributed by atoms with Crippen molar-refractivity contribution in [2.75, 3.05) is 45.3 Å². The average molecular weight is 364 g/mol. The van der Waals surface area contributed by atoms with Gasteiger partial charge in [-0.2, -0.15) is 0 Å². The number of anilines is 1. The third-order valence-corrected chi connectivity index (χ3v) is 4.50. The lowest BCUT2D eigenvalue weighted by Gasteiger charge is -2.27. The second kappa shape index (κ2) is 9.54. The minimum atomic E-state index is -0.853. The lowest BCUT2D eigenvalue weighted by atomic mass is 9.99. The maximum Gasteiger partial charge on any atom is 0.260 e. The molecule has 1 aliphatic heterocycles. The van der Waals surface area contributed by atoms with Gasteiger partial charge in [-0.15, -0.1) is 0 Å². The number of rotatable bonds is 8. The first-order chi connectivity index (χ1) is 12.5. The molecule has 1 N–H and O–H groups in total. The molecule has 1 atom stereocenters. The molecule has 0 aliphatic carbocycles. The van der Waals surface area contributed by atoms with Crippen LogP contribution in [0, 0.1) is 0 Å². The molecule has 26 heavy (non-hydrogen) atoms. The molecule has 7 nitrogen and oxygen atoms in total. The zero-order valence-electron chi connectivity index (χ0n) is 15.7. The van der Waals surface area contributed by atoms with E-state index in [0.29, 0.717) is 44.2 Å². The van der Waals surface area contributed by atoms with Crippen LogP contribution >= 0.6 is 0 Å². The van der Waals surface area contributed by atoms with Crippen molar-refractivity contribution in [1.82, 2.24) is 4.90 Å². The minimum Gasteiger partial charge on any atom is -0.484 e. The first-order valence-electron chi connectivity index (χ1n) is 8.93. The zero-order valence-corrected chi connectivity index (χ0v) is 15.7. The molecular weight excluding hydrogens is 336 g/mol. The van der Waals surface area contributed by atoms with Gasteiger partial charge in [-0.3, -0.25) is 9.59 Å². The third kappa shape index (κ3) is 5.44. The van der Waals surface area contributed by atoms with Gasteiger partial charge in [-0.25, -0.2) is 0 Å². The molecule has 0 unspecified atom stereocenters. The molecule has 7 heteroatoms. The molecule has 1 fully saturated rings.